The van der Waals surface area contributed by atoms with E-state index in [4.69, 9.17) is 0 Å². The molecule has 0 aliphatic heterocycles. The molecule has 0 aromatic rings. The van der Waals surface area contributed by atoms with E-state index in [2.05, 4.69) is 19.1 Å². The third-order valence-corrected chi connectivity index (χ3v) is 1.63. The summed E-state index contributed by atoms with van der Waals surface area (Å²) in [7, 11) is 0. The SMILES string of the molecule is CCCCC=CCCC(C)[O]. The summed E-state index contributed by atoms with van der Waals surface area (Å²) in [6.07, 6.45) is 9.34. The predicted octanol–water partition coefficient (Wildman–Crippen LogP) is 3.33. The number of unbranched alkanes of at least 4 members (excludes halogenated alkanes) is 2. The van der Waals surface area contributed by atoms with Gasteiger partial charge in [-0.25, -0.2) is 5.11 Å². The second-order valence-corrected chi connectivity index (χ2v) is 3.00. The Bertz CT molecular complexity index is 95.0. The molecule has 0 saturated heterocycles. The minimum atomic E-state index is -0.397. The monoisotopic (exact) mass is 155 g/mol. The Balaban J connectivity index is 3.03. The van der Waals surface area contributed by atoms with Crippen LogP contribution in [0, 0.1) is 0 Å². The fourth-order valence-corrected chi connectivity index (χ4v) is 0.889. The summed E-state index contributed by atoms with van der Waals surface area (Å²) in [5, 5.41) is 10.6. The number of hydrogen-bond donors (Lipinski definition) is 0. The average molecular weight is 155 g/mol. The first-order valence-electron chi connectivity index (χ1n) is 4.58. The van der Waals surface area contributed by atoms with E-state index in [9.17, 15) is 5.11 Å². The van der Waals surface area contributed by atoms with Gasteiger partial charge in [-0.15, -0.1) is 0 Å². The molecule has 0 heterocycles. The van der Waals surface area contributed by atoms with Crippen molar-refractivity contribution in [1.82, 2.24) is 0 Å². The summed E-state index contributed by atoms with van der Waals surface area (Å²) in [6.45, 7) is 3.91. The molecular formula is C10H19O. The maximum atomic E-state index is 10.6. The number of rotatable bonds is 6. The largest absolute Gasteiger partial charge is 0.233 e. The van der Waals surface area contributed by atoms with Gasteiger partial charge >= 0.3 is 0 Å². The van der Waals surface area contributed by atoms with Crippen molar-refractivity contribution in [3.05, 3.63) is 12.2 Å². The molecule has 0 fully saturated rings. The zero-order chi connectivity index (χ0) is 8.53. The number of allylic oxidation sites excluding steroid dienone is 2. The summed E-state index contributed by atoms with van der Waals surface area (Å²) in [4.78, 5) is 0. The molecule has 0 rings (SSSR count). The molecule has 0 aromatic heterocycles. The van der Waals surface area contributed by atoms with Gasteiger partial charge in [-0.3, -0.25) is 0 Å². The maximum absolute atomic E-state index is 10.6. The van der Waals surface area contributed by atoms with Crippen LogP contribution in [0.2, 0.25) is 0 Å². The minimum Gasteiger partial charge on any atom is -0.233 e. The lowest BCUT2D eigenvalue weighted by Gasteiger charge is -1.95. The first-order chi connectivity index (χ1) is 5.27. The molecule has 11 heavy (non-hydrogen) atoms. The first kappa shape index (κ1) is 10.7. The zero-order valence-electron chi connectivity index (χ0n) is 7.68. The zero-order valence-corrected chi connectivity index (χ0v) is 7.68. The van der Waals surface area contributed by atoms with Gasteiger partial charge in [0, 0.05) is 0 Å². The van der Waals surface area contributed by atoms with Crippen LogP contribution in [0.4, 0.5) is 0 Å². The highest BCUT2D eigenvalue weighted by Crippen LogP contribution is 2.00. The van der Waals surface area contributed by atoms with E-state index < -0.39 is 6.10 Å². The quantitative estimate of drug-likeness (QED) is 0.414. The van der Waals surface area contributed by atoms with Crippen LogP contribution in [-0.4, -0.2) is 6.10 Å². The van der Waals surface area contributed by atoms with E-state index in [0.29, 0.717) is 0 Å². The van der Waals surface area contributed by atoms with Crippen molar-refractivity contribution in [2.45, 2.75) is 52.1 Å². The van der Waals surface area contributed by atoms with E-state index >= 15 is 0 Å². The maximum Gasteiger partial charge on any atom is 0.0905 e. The summed E-state index contributed by atoms with van der Waals surface area (Å²) in [6, 6.07) is 0. The highest BCUT2D eigenvalue weighted by molar-refractivity contribution is 4.81. The first-order valence-corrected chi connectivity index (χ1v) is 4.58. The van der Waals surface area contributed by atoms with E-state index in [1.54, 1.807) is 6.92 Å². The van der Waals surface area contributed by atoms with E-state index in [-0.39, 0.29) is 0 Å². The topological polar surface area (TPSA) is 19.9 Å². The van der Waals surface area contributed by atoms with Crippen LogP contribution in [0.3, 0.4) is 0 Å². The van der Waals surface area contributed by atoms with Gasteiger partial charge in [0.05, 0.1) is 6.10 Å². The van der Waals surface area contributed by atoms with Crippen molar-refractivity contribution in [1.29, 1.82) is 0 Å². The Labute approximate surface area is 70.1 Å². The van der Waals surface area contributed by atoms with Crippen LogP contribution in [0.15, 0.2) is 12.2 Å². The molecule has 0 aliphatic carbocycles. The van der Waals surface area contributed by atoms with Crippen LogP contribution < -0.4 is 0 Å². The molecule has 0 saturated carbocycles. The van der Waals surface area contributed by atoms with Gasteiger partial charge in [-0.05, 0) is 26.2 Å². The summed E-state index contributed by atoms with van der Waals surface area (Å²) < 4.78 is 0. The van der Waals surface area contributed by atoms with Gasteiger partial charge in [-0.1, -0.05) is 31.9 Å². The fraction of sp³-hybridized carbons (Fsp3) is 0.800. The van der Waals surface area contributed by atoms with Gasteiger partial charge < -0.3 is 0 Å². The van der Waals surface area contributed by atoms with Crippen molar-refractivity contribution < 1.29 is 5.11 Å². The lowest BCUT2D eigenvalue weighted by atomic mass is 10.2. The molecule has 0 aliphatic rings. The van der Waals surface area contributed by atoms with Crippen LogP contribution in [0.5, 0.6) is 0 Å². The molecule has 1 nitrogen and oxygen atoms in total. The van der Waals surface area contributed by atoms with E-state index in [0.717, 1.165) is 12.8 Å². The van der Waals surface area contributed by atoms with E-state index in [1.165, 1.54) is 19.3 Å². The van der Waals surface area contributed by atoms with Gasteiger partial charge in [-0.2, -0.15) is 0 Å². The molecule has 65 valence electrons. The summed E-state index contributed by atoms with van der Waals surface area (Å²) in [5.74, 6) is 0. The highest BCUT2D eigenvalue weighted by atomic mass is 16.3. The van der Waals surface area contributed by atoms with Crippen molar-refractivity contribution in [2.24, 2.45) is 0 Å². The van der Waals surface area contributed by atoms with Crippen LogP contribution in [0.1, 0.15) is 46.0 Å². The lowest BCUT2D eigenvalue weighted by Crippen LogP contribution is -1.94. The Morgan fingerprint density at radius 2 is 1.91 bits per heavy atom. The molecule has 0 amide bonds. The van der Waals surface area contributed by atoms with E-state index in [1.807, 2.05) is 0 Å². The summed E-state index contributed by atoms with van der Waals surface area (Å²) >= 11 is 0. The van der Waals surface area contributed by atoms with Crippen LogP contribution in [-0.2, 0) is 5.11 Å². The standard InChI is InChI=1S/C10H19O/c1-3-4-5-6-7-8-9-10(2)11/h6-7,10H,3-5,8-9H2,1-2H3. The molecule has 1 unspecified atom stereocenters. The Kier molecular flexibility index (Phi) is 7.59. The average Bonchev–Trinajstić information content (AvgIpc) is 1.96. The normalized spacial score (nSPS) is 14.1. The Hall–Kier alpha value is -0.300. The fourth-order valence-electron chi connectivity index (χ4n) is 0.889. The molecular weight excluding hydrogens is 136 g/mol. The van der Waals surface area contributed by atoms with Gasteiger partial charge in [0.2, 0.25) is 0 Å². The second-order valence-electron chi connectivity index (χ2n) is 3.00. The smallest absolute Gasteiger partial charge is 0.0905 e. The summed E-state index contributed by atoms with van der Waals surface area (Å²) in [5.41, 5.74) is 0. The highest BCUT2D eigenvalue weighted by Gasteiger charge is 1.92. The molecule has 1 radical (unpaired) electrons. The van der Waals surface area contributed by atoms with Crippen molar-refractivity contribution in [3.8, 4) is 0 Å². The van der Waals surface area contributed by atoms with Crippen molar-refractivity contribution >= 4 is 0 Å². The van der Waals surface area contributed by atoms with Crippen molar-refractivity contribution in [2.75, 3.05) is 0 Å². The van der Waals surface area contributed by atoms with Crippen LogP contribution in [0.25, 0.3) is 0 Å². The molecule has 0 N–H and O–H groups in total. The molecule has 1 heteroatoms. The van der Waals surface area contributed by atoms with Crippen molar-refractivity contribution in [3.63, 3.8) is 0 Å². The lowest BCUT2D eigenvalue weighted by molar-refractivity contribution is 0.0986. The molecule has 0 spiro atoms. The number of hydrogen-bond acceptors (Lipinski definition) is 0. The van der Waals surface area contributed by atoms with Crippen LogP contribution >= 0.6 is 0 Å². The predicted molar refractivity (Wildman–Crippen MR) is 48.0 cm³/mol. The molecule has 0 bridgehead atoms. The Morgan fingerprint density at radius 1 is 1.27 bits per heavy atom. The van der Waals surface area contributed by atoms with Gasteiger partial charge in [0.25, 0.3) is 0 Å². The van der Waals surface area contributed by atoms with Gasteiger partial charge in [0.15, 0.2) is 0 Å². The minimum absolute atomic E-state index is 0.397. The third-order valence-electron chi connectivity index (χ3n) is 1.63. The molecule has 1 atom stereocenters. The third kappa shape index (κ3) is 9.70. The van der Waals surface area contributed by atoms with Gasteiger partial charge in [0.1, 0.15) is 0 Å². The second kappa shape index (κ2) is 7.80. The molecule has 0 aromatic carbocycles. The Morgan fingerprint density at radius 3 is 2.45 bits per heavy atom.